The summed E-state index contributed by atoms with van der Waals surface area (Å²) in [6.45, 7) is 9.03. The minimum Gasteiger partial charge on any atom is -0.497 e. The molecular weight excluding hydrogens is 370 g/mol. The number of benzene rings is 2. The zero-order valence-corrected chi connectivity index (χ0v) is 17.9. The molecule has 0 aliphatic heterocycles. The van der Waals surface area contributed by atoms with Gasteiger partial charge in [-0.2, -0.15) is 0 Å². The number of hydrogen-bond donors (Lipinski definition) is 1. The van der Waals surface area contributed by atoms with Gasteiger partial charge in [-0.05, 0) is 61.7 Å². The van der Waals surface area contributed by atoms with Crippen molar-refractivity contribution in [2.75, 3.05) is 26.9 Å². The van der Waals surface area contributed by atoms with E-state index >= 15 is 0 Å². The van der Waals surface area contributed by atoms with Crippen molar-refractivity contribution in [1.82, 2.24) is 5.32 Å². The highest BCUT2D eigenvalue weighted by Crippen LogP contribution is 2.33. The summed E-state index contributed by atoms with van der Waals surface area (Å²) in [5.74, 6) is 2.73. The Labute approximate surface area is 173 Å². The van der Waals surface area contributed by atoms with Gasteiger partial charge in [0.25, 0.3) is 5.91 Å². The maximum atomic E-state index is 12.5. The lowest BCUT2D eigenvalue weighted by Gasteiger charge is -2.24. The van der Waals surface area contributed by atoms with E-state index in [2.05, 4.69) is 19.2 Å². The van der Waals surface area contributed by atoms with Crippen LogP contribution in [0.1, 0.15) is 39.3 Å². The maximum absolute atomic E-state index is 12.5. The Bertz CT molecular complexity index is 773. The highest BCUT2D eigenvalue weighted by atomic mass is 16.5. The molecule has 0 fully saturated rings. The third-order valence-electron chi connectivity index (χ3n) is 4.34. The normalized spacial score (nSPS) is 11.7. The van der Waals surface area contributed by atoms with Crippen LogP contribution in [0.5, 0.6) is 23.0 Å². The molecule has 0 bridgehead atoms. The molecule has 0 saturated heterocycles. The van der Waals surface area contributed by atoms with Crippen molar-refractivity contribution in [2.45, 2.75) is 33.7 Å². The smallest absolute Gasteiger partial charge is 0.258 e. The number of carbonyl (C=O) groups is 1. The fraction of sp³-hybridized carbons (Fsp3) is 0.435. The fourth-order valence-electron chi connectivity index (χ4n) is 2.93. The van der Waals surface area contributed by atoms with Gasteiger partial charge in [-0.15, -0.1) is 0 Å². The Morgan fingerprint density at radius 1 is 0.897 bits per heavy atom. The Kier molecular flexibility index (Phi) is 8.65. The van der Waals surface area contributed by atoms with E-state index in [1.54, 1.807) is 31.4 Å². The standard InChI is InChI=1S/C23H31NO5/c1-6-27-20-13-8-17(14-21(20)28-7-2)23(16(3)4)24-22(25)15-29-19-11-9-18(26-5)10-12-19/h8-14,16,23H,6-7,15H2,1-5H3,(H,24,25). The SMILES string of the molecule is CCOc1ccc(C(NC(=O)COc2ccc(OC)cc2)C(C)C)cc1OCC. The molecule has 1 unspecified atom stereocenters. The lowest BCUT2D eigenvalue weighted by molar-refractivity contribution is -0.124. The molecule has 6 heteroatoms. The van der Waals surface area contributed by atoms with E-state index in [0.29, 0.717) is 30.5 Å². The van der Waals surface area contributed by atoms with Crippen LogP contribution in [0.25, 0.3) is 0 Å². The first kappa shape index (κ1) is 22.4. The van der Waals surface area contributed by atoms with Crippen LogP contribution in [0, 0.1) is 5.92 Å². The molecule has 1 N–H and O–H groups in total. The quantitative estimate of drug-likeness (QED) is 0.605. The van der Waals surface area contributed by atoms with E-state index in [1.165, 1.54) is 0 Å². The molecule has 0 saturated carbocycles. The van der Waals surface area contributed by atoms with Crippen LogP contribution in [-0.2, 0) is 4.79 Å². The lowest BCUT2D eigenvalue weighted by atomic mass is 9.95. The second-order valence-electron chi connectivity index (χ2n) is 6.83. The Hall–Kier alpha value is -2.89. The highest BCUT2D eigenvalue weighted by molar-refractivity contribution is 5.78. The second-order valence-corrected chi connectivity index (χ2v) is 6.83. The number of ether oxygens (including phenoxy) is 4. The number of rotatable bonds is 11. The number of methoxy groups -OCH3 is 1. The molecule has 1 amide bonds. The van der Waals surface area contributed by atoms with Gasteiger partial charge < -0.3 is 24.3 Å². The van der Waals surface area contributed by atoms with Gasteiger partial charge in [0.05, 0.1) is 26.4 Å². The molecule has 0 aromatic heterocycles. The third-order valence-corrected chi connectivity index (χ3v) is 4.34. The summed E-state index contributed by atoms with van der Waals surface area (Å²) >= 11 is 0. The van der Waals surface area contributed by atoms with Gasteiger partial charge >= 0.3 is 0 Å². The molecule has 0 radical (unpaired) electrons. The number of amides is 1. The predicted molar refractivity (Wildman–Crippen MR) is 113 cm³/mol. The van der Waals surface area contributed by atoms with Crippen molar-refractivity contribution >= 4 is 5.91 Å². The Balaban J connectivity index is 2.06. The predicted octanol–water partition coefficient (Wildman–Crippen LogP) is 4.38. The van der Waals surface area contributed by atoms with E-state index in [-0.39, 0.29) is 24.5 Å². The van der Waals surface area contributed by atoms with Gasteiger partial charge in [-0.3, -0.25) is 4.79 Å². The molecular formula is C23H31NO5. The summed E-state index contributed by atoms with van der Waals surface area (Å²) in [6.07, 6.45) is 0. The van der Waals surface area contributed by atoms with Crippen molar-refractivity contribution in [2.24, 2.45) is 5.92 Å². The molecule has 6 nitrogen and oxygen atoms in total. The minimum atomic E-state index is -0.189. The largest absolute Gasteiger partial charge is 0.497 e. The number of hydrogen-bond acceptors (Lipinski definition) is 5. The zero-order valence-electron chi connectivity index (χ0n) is 17.9. The molecule has 158 valence electrons. The molecule has 29 heavy (non-hydrogen) atoms. The summed E-state index contributed by atoms with van der Waals surface area (Å²) in [6, 6.07) is 12.7. The topological polar surface area (TPSA) is 66.0 Å². The van der Waals surface area contributed by atoms with Crippen molar-refractivity contribution in [3.8, 4) is 23.0 Å². The summed E-state index contributed by atoms with van der Waals surface area (Å²) in [5, 5.41) is 3.06. The number of carbonyl (C=O) groups excluding carboxylic acids is 1. The molecule has 0 spiro atoms. The molecule has 0 aliphatic carbocycles. The van der Waals surface area contributed by atoms with Crippen LogP contribution in [-0.4, -0.2) is 32.8 Å². The van der Waals surface area contributed by atoms with E-state index in [0.717, 1.165) is 11.3 Å². The van der Waals surface area contributed by atoms with Crippen molar-refractivity contribution < 1.29 is 23.7 Å². The average molecular weight is 402 g/mol. The maximum Gasteiger partial charge on any atom is 0.258 e. The molecule has 2 aromatic rings. The van der Waals surface area contributed by atoms with Crippen LogP contribution >= 0.6 is 0 Å². The second kappa shape index (κ2) is 11.2. The van der Waals surface area contributed by atoms with Gasteiger partial charge in [0.2, 0.25) is 0 Å². The first-order valence-electron chi connectivity index (χ1n) is 9.94. The van der Waals surface area contributed by atoms with Gasteiger partial charge in [-0.1, -0.05) is 19.9 Å². The molecule has 1 atom stereocenters. The van der Waals surface area contributed by atoms with Crippen LogP contribution in [0.3, 0.4) is 0 Å². The molecule has 0 heterocycles. The van der Waals surface area contributed by atoms with E-state index in [1.807, 2.05) is 32.0 Å². The van der Waals surface area contributed by atoms with Crippen LogP contribution in [0.2, 0.25) is 0 Å². The van der Waals surface area contributed by atoms with Crippen LogP contribution in [0.15, 0.2) is 42.5 Å². The summed E-state index contributed by atoms with van der Waals surface area (Å²) in [7, 11) is 1.60. The number of nitrogens with one attached hydrogen (secondary N) is 1. The monoisotopic (exact) mass is 401 g/mol. The van der Waals surface area contributed by atoms with E-state index in [4.69, 9.17) is 18.9 Å². The van der Waals surface area contributed by atoms with Crippen LogP contribution in [0.4, 0.5) is 0 Å². The molecule has 2 aromatic carbocycles. The third kappa shape index (κ3) is 6.59. The van der Waals surface area contributed by atoms with Gasteiger partial charge in [-0.25, -0.2) is 0 Å². The highest BCUT2D eigenvalue weighted by Gasteiger charge is 2.20. The Morgan fingerprint density at radius 2 is 1.52 bits per heavy atom. The first-order valence-corrected chi connectivity index (χ1v) is 9.94. The lowest BCUT2D eigenvalue weighted by Crippen LogP contribution is -2.35. The van der Waals surface area contributed by atoms with Crippen molar-refractivity contribution in [1.29, 1.82) is 0 Å². The summed E-state index contributed by atoms with van der Waals surface area (Å²) in [4.78, 5) is 12.5. The van der Waals surface area contributed by atoms with Gasteiger partial charge in [0.1, 0.15) is 11.5 Å². The Morgan fingerprint density at radius 3 is 2.10 bits per heavy atom. The zero-order chi connectivity index (χ0) is 21.2. The van der Waals surface area contributed by atoms with Crippen LogP contribution < -0.4 is 24.3 Å². The summed E-state index contributed by atoms with van der Waals surface area (Å²) < 4.78 is 22.0. The van der Waals surface area contributed by atoms with Crippen molar-refractivity contribution in [3.63, 3.8) is 0 Å². The van der Waals surface area contributed by atoms with Gasteiger partial charge in [0.15, 0.2) is 18.1 Å². The van der Waals surface area contributed by atoms with E-state index < -0.39 is 0 Å². The molecule has 0 aliphatic rings. The summed E-state index contributed by atoms with van der Waals surface area (Å²) in [5.41, 5.74) is 0.963. The molecule has 2 rings (SSSR count). The average Bonchev–Trinajstić information content (AvgIpc) is 2.72. The fourth-order valence-corrected chi connectivity index (χ4v) is 2.93. The van der Waals surface area contributed by atoms with E-state index in [9.17, 15) is 4.79 Å². The first-order chi connectivity index (χ1) is 14.0. The van der Waals surface area contributed by atoms with Crippen molar-refractivity contribution in [3.05, 3.63) is 48.0 Å². The van der Waals surface area contributed by atoms with Gasteiger partial charge in [0, 0.05) is 0 Å². The minimum absolute atomic E-state index is 0.0646.